The van der Waals surface area contributed by atoms with E-state index in [1.165, 1.54) is 7.11 Å². The summed E-state index contributed by atoms with van der Waals surface area (Å²) in [5.74, 6) is -0.286. The van der Waals surface area contributed by atoms with Crippen molar-refractivity contribution >= 4 is 29.6 Å². The minimum absolute atomic E-state index is 0.173. The number of ether oxygens (including phenoxy) is 2. The summed E-state index contributed by atoms with van der Waals surface area (Å²) in [4.78, 5) is 40.9. The molecule has 4 aromatic carbocycles. The van der Waals surface area contributed by atoms with Gasteiger partial charge in [0.2, 0.25) is 0 Å². The Morgan fingerprint density at radius 2 is 1.41 bits per heavy atom. The Hall–Kier alpha value is -5.89. The van der Waals surface area contributed by atoms with Crippen LogP contribution in [0.25, 0.3) is 34.3 Å². The Morgan fingerprint density at radius 3 is 2.07 bits per heavy atom. The summed E-state index contributed by atoms with van der Waals surface area (Å²) in [6, 6.07) is 35.1. The van der Waals surface area contributed by atoms with Gasteiger partial charge in [0.1, 0.15) is 17.1 Å². The molecule has 1 fully saturated rings. The van der Waals surface area contributed by atoms with Gasteiger partial charge in [0.05, 0.1) is 30.8 Å². The molecule has 0 atom stereocenters. The number of nitrogens with zero attached hydrogens (tertiary/aromatic N) is 2. The lowest BCUT2D eigenvalue weighted by Gasteiger charge is -2.26. The topological polar surface area (TPSA) is 89.9 Å². The van der Waals surface area contributed by atoms with Crippen molar-refractivity contribution < 1.29 is 23.9 Å². The molecule has 6 rings (SSSR count). The van der Waals surface area contributed by atoms with E-state index in [1.54, 1.807) is 30.3 Å². The van der Waals surface area contributed by atoms with Crippen LogP contribution in [0.15, 0.2) is 121 Å². The lowest BCUT2D eigenvalue weighted by molar-refractivity contribution is -0.122. The number of urea groups is 1. The van der Waals surface area contributed by atoms with Crippen molar-refractivity contribution in [3.05, 3.63) is 126 Å². The predicted octanol–water partition coefficient (Wildman–Crippen LogP) is 6.89. The van der Waals surface area contributed by atoms with Gasteiger partial charge in [-0.15, -0.1) is 0 Å². The molecule has 44 heavy (non-hydrogen) atoms. The number of carbonyl (C=O) groups excluding carboxylic acids is 3. The predicted molar refractivity (Wildman–Crippen MR) is 170 cm³/mol. The molecule has 0 saturated carbocycles. The molecule has 0 bridgehead atoms. The van der Waals surface area contributed by atoms with Crippen LogP contribution in [0.5, 0.6) is 11.5 Å². The molecule has 218 valence electrons. The fourth-order valence-corrected chi connectivity index (χ4v) is 5.28. The Kier molecular flexibility index (Phi) is 7.80. The minimum atomic E-state index is -0.828. The third-order valence-electron chi connectivity index (χ3n) is 7.27. The lowest BCUT2D eigenvalue weighted by Crippen LogP contribution is -2.54. The van der Waals surface area contributed by atoms with Crippen LogP contribution in [0.1, 0.15) is 12.5 Å². The number of nitrogens with one attached hydrogen (secondary N) is 1. The number of hydrogen-bond acceptors (Lipinski definition) is 5. The molecular weight excluding hydrogens is 554 g/mol. The van der Waals surface area contributed by atoms with E-state index in [-0.39, 0.29) is 11.3 Å². The monoisotopic (exact) mass is 583 g/mol. The van der Waals surface area contributed by atoms with Gasteiger partial charge in [0, 0.05) is 17.3 Å². The van der Waals surface area contributed by atoms with Gasteiger partial charge in [-0.2, -0.15) is 0 Å². The summed E-state index contributed by atoms with van der Waals surface area (Å²) in [6.07, 6.45) is 1.55. The number of carbonyl (C=O) groups is 3. The second-order valence-corrected chi connectivity index (χ2v) is 9.99. The van der Waals surface area contributed by atoms with Crippen LogP contribution in [0.4, 0.5) is 10.5 Å². The second kappa shape index (κ2) is 12.1. The van der Waals surface area contributed by atoms with Crippen LogP contribution < -0.4 is 19.7 Å². The molecule has 1 aromatic heterocycles. The Morgan fingerprint density at radius 1 is 0.727 bits per heavy atom. The maximum atomic E-state index is 13.8. The average Bonchev–Trinajstić information content (AvgIpc) is 3.43. The fourth-order valence-electron chi connectivity index (χ4n) is 5.28. The summed E-state index contributed by atoms with van der Waals surface area (Å²) >= 11 is 0. The largest absolute Gasteiger partial charge is 0.497 e. The highest BCUT2D eigenvalue weighted by molar-refractivity contribution is 6.39. The van der Waals surface area contributed by atoms with Crippen LogP contribution in [0.2, 0.25) is 0 Å². The number of hydrogen-bond donors (Lipinski definition) is 1. The third-order valence-corrected chi connectivity index (χ3v) is 7.27. The Labute approximate surface area is 254 Å². The van der Waals surface area contributed by atoms with Crippen LogP contribution in [-0.4, -0.2) is 36.1 Å². The summed E-state index contributed by atoms with van der Waals surface area (Å²) in [7, 11) is 1.50. The normalized spacial score (nSPS) is 14.1. The maximum absolute atomic E-state index is 13.8. The molecule has 2 heterocycles. The number of anilines is 1. The second-order valence-electron chi connectivity index (χ2n) is 9.99. The minimum Gasteiger partial charge on any atom is -0.497 e. The maximum Gasteiger partial charge on any atom is 0.335 e. The van der Waals surface area contributed by atoms with E-state index in [4.69, 9.17) is 9.47 Å². The Bertz CT molecular complexity index is 1880. The highest BCUT2D eigenvalue weighted by Gasteiger charge is 2.37. The molecule has 1 N–H and O–H groups in total. The highest BCUT2D eigenvalue weighted by atomic mass is 16.5. The van der Waals surface area contributed by atoms with Gasteiger partial charge in [0.25, 0.3) is 11.8 Å². The van der Waals surface area contributed by atoms with Gasteiger partial charge in [-0.3, -0.25) is 14.9 Å². The van der Waals surface area contributed by atoms with Crippen molar-refractivity contribution in [1.82, 2.24) is 9.88 Å². The SMILES string of the molecule is CCOc1ccc(-n2c(-c3ccccc3)cc(/C=C3/C(=O)NC(=O)N(c4cccc(OC)c4)C3=O)c2-c2ccccc2)cc1. The van der Waals surface area contributed by atoms with Gasteiger partial charge in [0.15, 0.2) is 0 Å². The van der Waals surface area contributed by atoms with Crippen molar-refractivity contribution in [2.24, 2.45) is 0 Å². The molecule has 5 aromatic rings. The van der Waals surface area contributed by atoms with E-state index >= 15 is 0 Å². The molecule has 1 aliphatic heterocycles. The van der Waals surface area contributed by atoms with E-state index in [9.17, 15) is 14.4 Å². The van der Waals surface area contributed by atoms with Gasteiger partial charge in [-0.25, -0.2) is 9.69 Å². The molecular formula is C36H29N3O5. The molecule has 4 amide bonds. The summed E-state index contributed by atoms with van der Waals surface area (Å²) in [5.41, 5.74) is 5.04. The van der Waals surface area contributed by atoms with Crippen molar-refractivity contribution in [3.8, 4) is 39.7 Å². The van der Waals surface area contributed by atoms with Gasteiger partial charge in [-0.1, -0.05) is 66.7 Å². The number of benzene rings is 4. The number of rotatable bonds is 8. The molecule has 1 aliphatic rings. The van der Waals surface area contributed by atoms with E-state index in [1.807, 2.05) is 97.9 Å². The molecule has 0 aliphatic carbocycles. The smallest absolute Gasteiger partial charge is 0.335 e. The number of imide groups is 2. The van der Waals surface area contributed by atoms with Crippen LogP contribution in [0, 0.1) is 0 Å². The van der Waals surface area contributed by atoms with Crippen LogP contribution in [-0.2, 0) is 9.59 Å². The summed E-state index contributed by atoms with van der Waals surface area (Å²) < 4.78 is 13.1. The van der Waals surface area contributed by atoms with Crippen molar-refractivity contribution in [2.45, 2.75) is 6.92 Å². The van der Waals surface area contributed by atoms with Crippen LogP contribution in [0.3, 0.4) is 0 Å². The summed E-state index contributed by atoms with van der Waals surface area (Å²) in [6.45, 7) is 2.49. The van der Waals surface area contributed by atoms with E-state index in [2.05, 4.69) is 9.88 Å². The van der Waals surface area contributed by atoms with E-state index in [0.717, 1.165) is 38.9 Å². The first kappa shape index (κ1) is 28.2. The Balaban J connectivity index is 1.57. The number of barbiturate groups is 1. The number of amides is 4. The quantitative estimate of drug-likeness (QED) is 0.159. The van der Waals surface area contributed by atoms with E-state index < -0.39 is 17.8 Å². The molecule has 8 heteroatoms. The molecule has 0 unspecified atom stereocenters. The van der Waals surface area contributed by atoms with Gasteiger partial charge in [-0.05, 0) is 66.6 Å². The first-order valence-electron chi connectivity index (χ1n) is 14.1. The lowest BCUT2D eigenvalue weighted by atomic mass is 10.0. The molecule has 8 nitrogen and oxygen atoms in total. The fraction of sp³-hybridized carbons (Fsp3) is 0.0833. The molecule has 0 radical (unpaired) electrons. The van der Waals surface area contributed by atoms with Crippen LogP contribution >= 0.6 is 0 Å². The van der Waals surface area contributed by atoms with Crippen molar-refractivity contribution in [1.29, 1.82) is 0 Å². The highest BCUT2D eigenvalue weighted by Crippen LogP contribution is 2.38. The zero-order valence-electron chi connectivity index (χ0n) is 24.2. The summed E-state index contributed by atoms with van der Waals surface area (Å²) in [5, 5.41) is 2.33. The van der Waals surface area contributed by atoms with E-state index in [0.29, 0.717) is 17.9 Å². The first-order chi connectivity index (χ1) is 21.5. The zero-order valence-corrected chi connectivity index (χ0v) is 24.2. The van der Waals surface area contributed by atoms with Gasteiger partial charge < -0.3 is 14.0 Å². The third kappa shape index (κ3) is 5.36. The number of methoxy groups -OCH3 is 1. The van der Waals surface area contributed by atoms with Crippen molar-refractivity contribution in [3.63, 3.8) is 0 Å². The standard InChI is InChI=1S/C36H29N3O5/c1-3-44-29-19-17-27(18-20-29)38-32(24-11-6-4-7-12-24)22-26(33(38)25-13-8-5-9-14-25)21-31-34(40)37-36(42)39(35(31)41)28-15-10-16-30(23-28)43-2/h4-23H,3H2,1-2H3,(H,37,40,42)/b31-21-. The average molecular weight is 584 g/mol. The zero-order chi connectivity index (χ0) is 30.6. The molecule has 1 saturated heterocycles. The van der Waals surface area contributed by atoms with Gasteiger partial charge >= 0.3 is 6.03 Å². The molecule has 0 spiro atoms. The first-order valence-corrected chi connectivity index (χ1v) is 14.1. The van der Waals surface area contributed by atoms with Crippen molar-refractivity contribution in [2.75, 3.05) is 18.6 Å². The number of aromatic nitrogens is 1.